The Morgan fingerprint density at radius 3 is 2.65 bits per heavy atom. The van der Waals surface area contributed by atoms with Crippen LogP contribution in [0.5, 0.6) is 0 Å². The molecular weight excluding hydrogens is 569 g/mol. The fourth-order valence-electron chi connectivity index (χ4n) is 3.85. The maximum absolute atomic E-state index is 14.1. The van der Waals surface area contributed by atoms with Crippen molar-refractivity contribution in [1.82, 2.24) is 15.0 Å². The second-order valence-corrected chi connectivity index (χ2v) is 9.92. The molecule has 0 spiro atoms. The molecule has 1 aromatic heterocycles. The lowest BCUT2D eigenvalue weighted by atomic mass is 9.95. The summed E-state index contributed by atoms with van der Waals surface area (Å²) in [6.07, 6.45) is -1.35. The molecule has 1 saturated heterocycles. The molecule has 3 aromatic rings. The van der Waals surface area contributed by atoms with Gasteiger partial charge in [0.2, 0.25) is 0 Å². The monoisotopic (exact) mass is 588 g/mol. The summed E-state index contributed by atoms with van der Waals surface area (Å²) >= 11 is 24.2. The zero-order valence-electron chi connectivity index (χ0n) is 19.2. The number of ether oxygens (including phenoxy) is 1. The minimum absolute atomic E-state index is 0.0215. The summed E-state index contributed by atoms with van der Waals surface area (Å²) < 4.78 is 21.4. The van der Waals surface area contributed by atoms with Gasteiger partial charge in [0.15, 0.2) is 5.84 Å². The third kappa shape index (κ3) is 6.23. The minimum atomic E-state index is -1.17. The number of hydrogen-bond acceptors (Lipinski definition) is 6. The van der Waals surface area contributed by atoms with E-state index in [4.69, 9.17) is 56.9 Å². The molecule has 9 nitrogen and oxygen atoms in total. The Bertz CT molecular complexity index is 1340. The molecule has 0 saturated carbocycles. The summed E-state index contributed by atoms with van der Waals surface area (Å²) in [5, 5.41) is 29.6. The molecule has 196 valence electrons. The van der Waals surface area contributed by atoms with Crippen LogP contribution in [0.25, 0.3) is 11.3 Å². The number of benzene rings is 2. The van der Waals surface area contributed by atoms with Crippen molar-refractivity contribution in [1.29, 1.82) is 0 Å². The number of aliphatic hydroxyl groups is 2. The van der Waals surface area contributed by atoms with E-state index in [1.165, 1.54) is 23.0 Å². The Morgan fingerprint density at radius 1 is 1.22 bits per heavy atom. The van der Waals surface area contributed by atoms with E-state index in [0.717, 1.165) is 0 Å². The van der Waals surface area contributed by atoms with Gasteiger partial charge in [-0.1, -0.05) is 51.6 Å². The topological polar surface area (TPSA) is 131 Å². The van der Waals surface area contributed by atoms with E-state index < -0.39 is 36.8 Å². The second-order valence-electron chi connectivity index (χ2n) is 8.30. The Kier molecular flexibility index (Phi) is 8.70. The van der Waals surface area contributed by atoms with Crippen LogP contribution in [0.15, 0.2) is 46.5 Å². The first-order valence-corrected chi connectivity index (χ1v) is 12.4. The van der Waals surface area contributed by atoms with Crippen molar-refractivity contribution in [3.8, 4) is 11.3 Å². The molecular formula is C23H21Cl4FN6O3. The largest absolute Gasteiger partial charge is 0.394 e. The maximum Gasteiger partial charge on any atom is 0.159 e. The summed E-state index contributed by atoms with van der Waals surface area (Å²) in [4.78, 5) is 8.82. The quantitative estimate of drug-likeness (QED) is 0.221. The molecule has 0 aliphatic carbocycles. The highest BCUT2D eigenvalue weighted by Gasteiger charge is 2.41. The Hall–Kier alpha value is -2.31. The van der Waals surface area contributed by atoms with Gasteiger partial charge in [-0.3, -0.25) is 0 Å². The SMILES string of the molecule is CC(N)=NC(=Nc1cc(Cl)ccc1Cl)C1CC(n2cc(-c3cc(F)c(Cl)c(Cl)c3)nn2)C(O)C(CO)O1. The van der Waals surface area contributed by atoms with Gasteiger partial charge < -0.3 is 20.7 Å². The molecule has 4 unspecified atom stereocenters. The first kappa shape index (κ1) is 27.7. The lowest BCUT2D eigenvalue weighted by Crippen LogP contribution is -2.50. The van der Waals surface area contributed by atoms with Crippen LogP contribution in [0, 0.1) is 5.82 Å². The molecule has 2 aromatic carbocycles. The minimum Gasteiger partial charge on any atom is -0.394 e. The normalized spacial score (nSPS) is 22.9. The Labute approximate surface area is 231 Å². The number of hydrogen-bond donors (Lipinski definition) is 3. The van der Waals surface area contributed by atoms with Crippen molar-refractivity contribution in [2.24, 2.45) is 15.7 Å². The molecule has 2 heterocycles. The van der Waals surface area contributed by atoms with Crippen molar-refractivity contribution in [2.75, 3.05) is 6.61 Å². The first-order chi connectivity index (χ1) is 17.6. The maximum atomic E-state index is 14.1. The summed E-state index contributed by atoms with van der Waals surface area (Å²) in [7, 11) is 0. The van der Waals surface area contributed by atoms with Gasteiger partial charge in [-0.05, 0) is 37.3 Å². The lowest BCUT2D eigenvalue weighted by molar-refractivity contribution is -0.137. The number of aliphatic hydroxyl groups excluding tert-OH is 2. The second kappa shape index (κ2) is 11.6. The van der Waals surface area contributed by atoms with Crippen LogP contribution in [0.3, 0.4) is 0 Å². The van der Waals surface area contributed by atoms with Crippen LogP contribution in [0.1, 0.15) is 19.4 Å². The number of nitrogens with two attached hydrogens (primary N) is 1. The zero-order chi connectivity index (χ0) is 26.9. The highest BCUT2D eigenvalue weighted by molar-refractivity contribution is 6.42. The van der Waals surface area contributed by atoms with Crippen LogP contribution in [-0.2, 0) is 4.74 Å². The fraction of sp³-hybridized carbons (Fsp3) is 0.304. The highest BCUT2D eigenvalue weighted by Crippen LogP contribution is 2.35. The Morgan fingerprint density at radius 2 is 1.97 bits per heavy atom. The molecule has 37 heavy (non-hydrogen) atoms. The van der Waals surface area contributed by atoms with E-state index in [0.29, 0.717) is 27.0 Å². The molecule has 1 aliphatic heterocycles. The zero-order valence-corrected chi connectivity index (χ0v) is 22.2. The number of aromatic nitrogens is 3. The van der Waals surface area contributed by atoms with E-state index >= 15 is 0 Å². The van der Waals surface area contributed by atoms with Gasteiger partial charge in [0.05, 0.1) is 45.4 Å². The number of rotatable bonds is 5. The van der Waals surface area contributed by atoms with Gasteiger partial charge in [0.1, 0.15) is 29.8 Å². The van der Waals surface area contributed by atoms with Crippen molar-refractivity contribution >= 4 is 63.8 Å². The summed E-state index contributed by atoms with van der Waals surface area (Å²) in [6.45, 7) is 1.08. The average Bonchev–Trinajstić information content (AvgIpc) is 3.34. The molecule has 14 heteroatoms. The molecule has 1 fully saturated rings. The number of halogens is 5. The molecule has 4 N–H and O–H groups in total. The van der Waals surface area contributed by atoms with Gasteiger partial charge in [0, 0.05) is 17.0 Å². The van der Waals surface area contributed by atoms with Crippen molar-refractivity contribution in [3.63, 3.8) is 0 Å². The number of amidine groups is 2. The van der Waals surface area contributed by atoms with Crippen LogP contribution in [0.4, 0.5) is 10.1 Å². The average molecular weight is 590 g/mol. The third-order valence-corrected chi connectivity index (χ3v) is 6.94. The van der Waals surface area contributed by atoms with Gasteiger partial charge in [-0.25, -0.2) is 19.1 Å². The van der Waals surface area contributed by atoms with Crippen molar-refractivity contribution < 1.29 is 19.3 Å². The van der Waals surface area contributed by atoms with E-state index in [1.54, 1.807) is 25.1 Å². The predicted molar refractivity (Wildman–Crippen MR) is 142 cm³/mol. The summed E-state index contributed by atoms with van der Waals surface area (Å²) in [5.74, 6) is -0.347. The summed E-state index contributed by atoms with van der Waals surface area (Å²) in [5.41, 5.74) is 6.82. The first-order valence-electron chi connectivity index (χ1n) is 10.9. The van der Waals surface area contributed by atoms with Gasteiger partial charge >= 0.3 is 0 Å². The van der Waals surface area contributed by atoms with Gasteiger partial charge in [0.25, 0.3) is 0 Å². The van der Waals surface area contributed by atoms with Crippen molar-refractivity contribution in [3.05, 3.63) is 62.4 Å². The molecule has 0 amide bonds. The summed E-state index contributed by atoms with van der Waals surface area (Å²) in [6, 6.07) is 6.68. The predicted octanol–water partition coefficient (Wildman–Crippen LogP) is 4.86. The van der Waals surface area contributed by atoms with Crippen LogP contribution in [0.2, 0.25) is 20.1 Å². The lowest BCUT2D eigenvalue weighted by Gasteiger charge is -2.38. The highest BCUT2D eigenvalue weighted by atomic mass is 35.5. The van der Waals surface area contributed by atoms with E-state index in [1.807, 2.05) is 0 Å². The van der Waals surface area contributed by atoms with Crippen molar-refractivity contribution in [2.45, 2.75) is 37.7 Å². The van der Waals surface area contributed by atoms with Gasteiger partial charge in [-0.2, -0.15) is 0 Å². The Balaban J connectivity index is 1.71. The molecule has 4 rings (SSSR count). The van der Waals surface area contributed by atoms with Crippen LogP contribution < -0.4 is 5.73 Å². The van der Waals surface area contributed by atoms with E-state index in [9.17, 15) is 14.6 Å². The van der Waals surface area contributed by atoms with E-state index in [2.05, 4.69) is 20.3 Å². The van der Waals surface area contributed by atoms with E-state index in [-0.39, 0.29) is 28.1 Å². The molecule has 0 bridgehead atoms. The number of aliphatic imine (C=N–C) groups is 2. The van der Waals surface area contributed by atoms with Gasteiger partial charge in [-0.15, -0.1) is 5.10 Å². The standard InChI is InChI=1S/C23H21Cl4FN6O3/c1-10(29)30-23(31-16-6-12(24)2-3-13(16)25)19-7-18(22(36)20(9-35)37-19)34-8-17(32-33-34)11-4-14(26)21(27)15(28)5-11/h2-6,8,18-20,22,35-36H,7,9H2,1H3,(H2,29,30,31). The van der Waals surface area contributed by atoms with Crippen LogP contribution >= 0.6 is 46.4 Å². The smallest absolute Gasteiger partial charge is 0.159 e. The fourth-order valence-corrected chi connectivity index (χ4v) is 4.50. The third-order valence-electron chi connectivity index (χ3n) is 5.60. The molecule has 4 atom stereocenters. The molecule has 1 aliphatic rings. The number of nitrogens with zero attached hydrogens (tertiary/aromatic N) is 5. The van der Waals surface area contributed by atoms with Crippen LogP contribution in [-0.4, -0.2) is 61.8 Å². The molecule has 0 radical (unpaired) electrons.